The molecule has 1 aliphatic rings. The van der Waals surface area contributed by atoms with Gasteiger partial charge in [0.25, 0.3) is 0 Å². The molecule has 0 unspecified atom stereocenters. The lowest BCUT2D eigenvalue weighted by molar-refractivity contribution is 0.588. The zero-order chi connectivity index (χ0) is 12.3. The molecule has 0 saturated carbocycles. The Morgan fingerprint density at radius 3 is 2.65 bits per heavy atom. The SMILES string of the molecule is CCC[SiH]1CCC(c2ccc(Cl)c(F)c2)CC1. The van der Waals surface area contributed by atoms with E-state index in [1.54, 1.807) is 12.1 Å². The molecule has 0 aliphatic carbocycles. The van der Waals surface area contributed by atoms with E-state index in [2.05, 4.69) is 6.92 Å². The second-order valence-corrected chi connectivity index (χ2v) is 9.05. The predicted molar refractivity (Wildman–Crippen MR) is 75.2 cm³/mol. The van der Waals surface area contributed by atoms with E-state index >= 15 is 0 Å². The maximum absolute atomic E-state index is 13.4. The molecule has 1 aromatic rings. The van der Waals surface area contributed by atoms with Crippen LogP contribution in [0.15, 0.2) is 18.2 Å². The van der Waals surface area contributed by atoms with Crippen LogP contribution in [0.2, 0.25) is 23.2 Å². The van der Waals surface area contributed by atoms with Crippen molar-refractivity contribution in [3.8, 4) is 0 Å². The zero-order valence-electron chi connectivity index (χ0n) is 10.4. The summed E-state index contributed by atoms with van der Waals surface area (Å²) in [5, 5.41) is 0.239. The molecule has 0 spiro atoms. The standard InChI is InChI=1S/C14H20ClFSi/c1-2-7-17-8-5-11(6-9-17)12-3-4-13(15)14(16)10-12/h3-4,10-11,17H,2,5-9H2,1H3. The topological polar surface area (TPSA) is 0 Å². The summed E-state index contributed by atoms with van der Waals surface area (Å²) in [6.45, 7) is 2.29. The Bertz CT molecular complexity index is 372. The number of rotatable bonds is 3. The molecule has 94 valence electrons. The van der Waals surface area contributed by atoms with Gasteiger partial charge < -0.3 is 0 Å². The molecular weight excluding hydrogens is 251 g/mol. The first-order chi connectivity index (χ1) is 8.20. The fraction of sp³-hybridized carbons (Fsp3) is 0.571. The molecule has 0 radical (unpaired) electrons. The lowest BCUT2D eigenvalue weighted by atomic mass is 9.93. The molecule has 0 N–H and O–H groups in total. The monoisotopic (exact) mass is 270 g/mol. The Morgan fingerprint density at radius 1 is 1.35 bits per heavy atom. The van der Waals surface area contributed by atoms with Crippen LogP contribution in [0.25, 0.3) is 0 Å². The van der Waals surface area contributed by atoms with E-state index in [4.69, 9.17) is 11.6 Å². The molecule has 1 saturated heterocycles. The third-order valence-electron chi connectivity index (χ3n) is 3.96. The molecule has 1 aromatic carbocycles. The number of benzene rings is 1. The summed E-state index contributed by atoms with van der Waals surface area (Å²) in [5.41, 5.74) is 1.15. The van der Waals surface area contributed by atoms with Crippen LogP contribution < -0.4 is 0 Å². The summed E-state index contributed by atoms with van der Waals surface area (Å²) >= 11 is 5.72. The predicted octanol–water partition coefficient (Wildman–Crippen LogP) is 4.99. The van der Waals surface area contributed by atoms with Crippen molar-refractivity contribution in [1.29, 1.82) is 0 Å². The molecule has 1 fully saturated rings. The Hall–Kier alpha value is -0.343. The average Bonchev–Trinajstić information content (AvgIpc) is 2.34. The van der Waals surface area contributed by atoms with Crippen LogP contribution in [0.5, 0.6) is 0 Å². The van der Waals surface area contributed by atoms with Crippen molar-refractivity contribution < 1.29 is 4.39 Å². The summed E-state index contributed by atoms with van der Waals surface area (Å²) in [4.78, 5) is 0. The van der Waals surface area contributed by atoms with E-state index in [0.717, 1.165) is 5.56 Å². The van der Waals surface area contributed by atoms with Crippen LogP contribution in [0.1, 0.15) is 37.7 Å². The van der Waals surface area contributed by atoms with Crippen molar-refractivity contribution >= 4 is 20.4 Å². The van der Waals surface area contributed by atoms with E-state index in [0.29, 0.717) is 5.92 Å². The second kappa shape index (κ2) is 6.01. The van der Waals surface area contributed by atoms with Gasteiger partial charge in [-0.25, -0.2) is 4.39 Å². The van der Waals surface area contributed by atoms with Crippen LogP contribution in [0.4, 0.5) is 4.39 Å². The van der Waals surface area contributed by atoms with Gasteiger partial charge in [-0.05, 0) is 36.5 Å². The molecule has 3 heteroatoms. The Morgan fingerprint density at radius 2 is 2.06 bits per heavy atom. The highest BCUT2D eigenvalue weighted by Crippen LogP contribution is 2.35. The normalized spacial score (nSPS) is 24.9. The van der Waals surface area contributed by atoms with E-state index in [1.165, 1.54) is 37.4 Å². The van der Waals surface area contributed by atoms with Crippen molar-refractivity contribution in [1.82, 2.24) is 0 Å². The molecule has 0 atom stereocenters. The van der Waals surface area contributed by atoms with Crippen LogP contribution in [-0.4, -0.2) is 8.80 Å². The Balaban J connectivity index is 1.98. The summed E-state index contributed by atoms with van der Waals surface area (Å²) in [6, 6.07) is 9.68. The average molecular weight is 271 g/mol. The van der Waals surface area contributed by atoms with Gasteiger partial charge in [-0.2, -0.15) is 0 Å². The van der Waals surface area contributed by atoms with Crippen LogP contribution in [-0.2, 0) is 0 Å². The molecule has 1 heterocycles. The van der Waals surface area contributed by atoms with Crippen molar-refractivity contribution in [3.05, 3.63) is 34.6 Å². The molecular formula is C14H20ClFSi. The zero-order valence-corrected chi connectivity index (χ0v) is 12.3. The van der Waals surface area contributed by atoms with Gasteiger partial charge in [0.15, 0.2) is 0 Å². The van der Waals surface area contributed by atoms with Gasteiger partial charge in [-0.15, -0.1) is 0 Å². The minimum Gasteiger partial charge on any atom is -0.205 e. The van der Waals surface area contributed by atoms with E-state index < -0.39 is 8.80 Å². The first kappa shape index (κ1) is 13.1. The second-order valence-electron chi connectivity index (χ2n) is 5.18. The number of hydrogen-bond acceptors (Lipinski definition) is 0. The summed E-state index contributed by atoms with van der Waals surface area (Å²) in [5.74, 6) is 0.305. The molecule has 2 rings (SSSR count). The van der Waals surface area contributed by atoms with Crippen molar-refractivity contribution in [2.75, 3.05) is 0 Å². The molecule has 0 aromatic heterocycles. The highest BCUT2D eigenvalue weighted by Gasteiger charge is 2.23. The number of halogens is 2. The lowest BCUT2D eigenvalue weighted by Crippen LogP contribution is -2.20. The summed E-state index contributed by atoms with van der Waals surface area (Å²) < 4.78 is 13.4. The van der Waals surface area contributed by atoms with E-state index in [-0.39, 0.29) is 10.8 Å². The van der Waals surface area contributed by atoms with Crippen LogP contribution in [0, 0.1) is 5.82 Å². The summed E-state index contributed by atoms with van der Waals surface area (Å²) in [7, 11) is -0.430. The molecule has 1 aliphatic heterocycles. The van der Waals surface area contributed by atoms with Gasteiger partial charge in [0.05, 0.1) is 5.02 Å². The molecule has 0 amide bonds. The quantitative estimate of drug-likeness (QED) is 0.679. The minimum atomic E-state index is -0.430. The third kappa shape index (κ3) is 3.32. The van der Waals surface area contributed by atoms with Crippen LogP contribution >= 0.6 is 11.6 Å². The van der Waals surface area contributed by atoms with Crippen molar-refractivity contribution in [2.45, 2.75) is 50.2 Å². The van der Waals surface area contributed by atoms with Gasteiger partial charge in [-0.1, -0.05) is 49.1 Å². The Kier molecular flexibility index (Phi) is 4.63. The minimum absolute atomic E-state index is 0.239. The molecule has 17 heavy (non-hydrogen) atoms. The largest absolute Gasteiger partial charge is 0.205 e. The maximum atomic E-state index is 13.4. The maximum Gasteiger partial charge on any atom is 0.142 e. The fourth-order valence-corrected chi connectivity index (χ4v) is 6.51. The molecule has 0 bridgehead atoms. The van der Waals surface area contributed by atoms with E-state index in [1.807, 2.05) is 6.07 Å². The highest BCUT2D eigenvalue weighted by atomic mass is 35.5. The lowest BCUT2D eigenvalue weighted by Gasteiger charge is -2.27. The highest BCUT2D eigenvalue weighted by molar-refractivity contribution is 6.59. The summed E-state index contributed by atoms with van der Waals surface area (Å²) in [6.07, 6.45) is 3.87. The van der Waals surface area contributed by atoms with Gasteiger partial charge >= 0.3 is 0 Å². The molecule has 0 nitrogen and oxygen atoms in total. The van der Waals surface area contributed by atoms with E-state index in [9.17, 15) is 4.39 Å². The van der Waals surface area contributed by atoms with Gasteiger partial charge in [-0.3, -0.25) is 0 Å². The number of hydrogen-bond donors (Lipinski definition) is 0. The fourth-order valence-electron chi connectivity index (χ4n) is 2.96. The van der Waals surface area contributed by atoms with Gasteiger partial charge in [0.2, 0.25) is 0 Å². The Labute approximate surface area is 110 Å². The third-order valence-corrected chi connectivity index (χ3v) is 7.96. The van der Waals surface area contributed by atoms with Gasteiger partial charge in [0.1, 0.15) is 5.82 Å². The van der Waals surface area contributed by atoms with Crippen molar-refractivity contribution in [3.63, 3.8) is 0 Å². The first-order valence-electron chi connectivity index (χ1n) is 6.65. The van der Waals surface area contributed by atoms with Crippen molar-refractivity contribution in [2.24, 2.45) is 0 Å². The smallest absolute Gasteiger partial charge is 0.142 e. The van der Waals surface area contributed by atoms with Crippen LogP contribution in [0.3, 0.4) is 0 Å². The first-order valence-corrected chi connectivity index (χ1v) is 9.48. The van der Waals surface area contributed by atoms with Gasteiger partial charge in [0, 0.05) is 8.80 Å².